The fraction of sp³-hybridized carbons (Fsp3) is 0.417. The largest absolute Gasteiger partial charge is 0.493 e. The first-order valence-corrected chi connectivity index (χ1v) is 5.82. The summed E-state index contributed by atoms with van der Waals surface area (Å²) in [7, 11) is 1.42. The van der Waals surface area contributed by atoms with E-state index in [1.54, 1.807) is 0 Å². The van der Waals surface area contributed by atoms with E-state index >= 15 is 0 Å². The number of carbonyl (C=O) groups excluding carboxylic acids is 1. The summed E-state index contributed by atoms with van der Waals surface area (Å²) in [5.74, 6) is -0.0810. The second-order valence-electron chi connectivity index (χ2n) is 4.47. The molecule has 1 aromatic rings. The Morgan fingerprint density at radius 3 is 2.60 bits per heavy atom. The molecule has 1 aromatic carbocycles. The zero-order valence-corrected chi connectivity index (χ0v) is 11.3. The average molecular weight is 283 g/mol. The van der Waals surface area contributed by atoms with E-state index < -0.39 is 16.4 Å². The number of ether oxygens (including phenoxy) is 2. The summed E-state index contributed by atoms with van der Waals surface area (Å²) >= 11 is 0. The Bertz CT molecular complexity index is 516. The SMILES string of the molecule is COc1ccc([N+](=O)[O-])cc1OCCC(C)(N)C(N)=O. The van der Waals surface area contributed by atoms with Crippen molar-refractivity contribution in [3.05, 3.63) is 28.3 Å². The highest BCUT2D eigenvalue weighted by atomic mass is 16.6. The molecule has 0 bridgehead atoms. The van der Waals surface area contributed by atoms with Crippen molar-refractivity contribution in [3.63, 3.8) is 0 Å². The van der Waals surface area contributed by atoms with E-state index in [1.165, 1.54) is 32.2 Å². The minimum atomic E-state index is -1.20. The predicted molar refractivity (Wildman–Crippen MR) is 71.5 cm³/mol. The van der Waals surface area contributed by atoms with E-state index in [4.69, 9.17) is 20.9 Å². The second-order valence-corrected chi connectivity index (χ2v) is 4.47. The van der Waals surface area contributed by atoms with Crippen LogP contribution in [0.25, 0.3) is 0 Å². The maximum atomic E-state index is 11.1. The molecule has 20 heavy (non-hydrogen) atoms. The van der Waals surface area contributed by atoms with Gasteiger partial charge >= 0.3 is 0 Å². The molecule has 110 valence electrons. The number of carbonyl (C=O) groups is 1. The van der Waals surface area contributed by atoms with Crippen LogP contribution in [-0.4, -0.2) is 30.1 Å². The maximum Gasteiger partial charge on any atom is 0.273 e. The van der Waals surface area contributed by atoms with E-state index in [1.807, 2.05) is 0 Å². The summed E-state index contributed by atoms with van der Waals surface area (Å²) in [4.78, 5) is 21.2. The van der Waals surface area contributed by atoms with Crippen molar-refractivity contribution >= 4 is 11.6 Å². The van der Waals surface area contributed by atoms with Gasteiger partial charge in [0.2, 0.25) is 5.91 Å². The van der Waals surface area contributed by atoms with Crippen molar-refractivity contribution in [2.45, 2.75) is 18.9 Å². The molecule has 0 saturated heterocycles. The fourth-order valence-corrected chi connectivity index (χ4v) is 1.39. The average Bonchev–Trinajstić information content (AvgIpc) is 2.38. The number of nitro benzene ring substituents is 1. The summed E-state index contributed by atoms with van der Waals surface area (Å²) in [5.41, 5.74) is 9.49. The highest BCUT2D eigenvalue weighted by Gasteiger charge is 2.25. The van der Waals surface area contributed by atoms with Crippen molar-refractivity contribution in [3.8, 4) is 11.5 Å². The molecular formula is C12H17N3O5. The van der Waals surface area contributed by atoms with Crippen LogP contribution in [0.2, 0.25) is 0 Å². The van der Waals surface area contributed by atoms with Crippen LogP contribution in [0.1, 0.15) is 13.3 Å². The van der Waals surface area contributed by atoms with Gasteiger partial charge < -0.3 is 20.9 Å². The van der Waals surface area contributed by atoms with Crippen LogP contribution in [-0.2, 0) is 4.79 Å². The quantitative estimate of drug-likeness (QED) is 0.555. The van der Waals surface area contributed by atoms with Crippen LogP contribution in [0.5, 0.6) is 11.5 Å². The molecule has 4 N–H and O–H groups in total. The molecule has 0 aromatic heterocycles. The topological polar surface area (TPSA) is 131 Å². The third-order valence-corrected chi connectivity index (χ3v) is 2.80. The molecule has 0 heterocycles. The molecule has 0 radical (unpaired) electrons. The van der Waals surface area contributed by atoms with E-state index in [0.29, 0.717) is 5.75 Å². The lowest BCUT2D eigenvalue weighted by atomic mass is 9.99. The summed E-state index contributed by atoms with van der Waals surface area (Å²) in [6.07, 6.45) is 0.175. The van der Waals surface area contributed by atoms with Crippen LogP contribution in [0, 0.1) is 10.1 Å². The Morgan fingerprint density at radius 1 is 1.45 bits per heavy atom. The molecule has 1 amide bonds. The zero-order valence-electron chi connectivity index (χ0n) is 11.3. The molecule has 8 heteroatoms. The van der Waals surface area contributed by atoms with Crippen molar-refractivity contribution < 1.29 is 19.2 Å². The molecule has 0 saturated carbocycles. The van der Waals surface area contributed by atoms with Crippen molar-refractivity contribution in [2.24, 2.45) is 11.5 Å². The van der Waals surface area contributed by atoms with Crippen molar-refractivity contribution in [1.29, 1.82) is 0 Å². The normalized spacial score (nSPS) is 13.3. The van der Waals surface area contributed by atoms with Crippen molar-refractivity contribution in [1.82, 2.24) is 0 Å². The molecule has 0 aliphatic carbocycles. The number of hydrogen-bond donors (Lipinski definition) is 2. The number of primary amides is 1. The smallest absolute Gasteiger partial charge is 0.273 e. The van der Waals surface area contributed by atoms with Gasteiger partial charge in [0.25, 0.3) is 5.69 Å². The number of nitrogens with zero attached hydrogens (tertiary/aromatic N) is 1. The van der Waals surface area contributed by atoms with Gasteiger partial charge in [-0.1, -0.05) is 0 Å². The van der Waals surface area contributed by atoms with Crippen molar-refractivity contribution in [2.75, 3.05) is 13.7 Å². The molecule has 0 aliphatic rings. The van der Waals surface area contributed by atoms with E-state index in [2.05, 4.69) is 0 Å². The van der Waals surface area contributed by atoms with E-state index in [9.17, 15) is 14.9 Å². The van der Waals surface area contributed by atoms with Gasteiger partial charge in [0.1, 0.15) is 0 Å². The second kappa shape index (κ2) is 6.20. The van der Waals surface area contributed by atoms with Gasteiger partial charge in [0, 0.05) is 12.5 Å². The number of methoxy groups -OCH3 is 1. The van der Waals surface area contributed by atoms with E-state index in [0.717, 1.165) is 0 Å². The number of amides is 1. The first kappa shape index (κ1) is 15.7. The van der Waals surface area contributed by atoms with Gasteiger partial charge in [-0.05, 0) is 13.0 Å². The molecule has 8 nitrogen and oxygen atoms in total. The summed E-state index contributed by atoms with van der Waals surface area (Å²) in [6, 6.07) is 3.99. The Labute approximate surface area is 115 Å². The molecule has 0 spiro atoms. The standard InChI is InChI=1S/C12H17N3O5/c1-12(14,11(13)16)5-6-20-10-7-8(15(17)18)3-4-9(10)19-2/h3-4,7H,5-6,14H2,1-2H3,(H2,13,16). The van der Waals surface area contributed by atoms with Crippen LogP contribution in [0.15, 0.2) is 18.2 Å². The molecule has 1 rings (SSSR count). The molecular weight excluding hydrogens is 266 g/mol. The highest BCUT2D eigenvalue weighted by Crippen LogP contribution is 2.31. The van der Waals surface area contributed by atoms with Gasteiger partial charge in [0.15, 0.2) is 11.5 Å². The van der Waals surface area contributed by atoms with E-state index in [-0.39, 0.29) is 24.5 Å². The molecule has 1 atom stereocenters. The number of benzene rings is 1. The van der Waals surface area contributed by atoms with Crippen LogP contribution < -0.4 is 20.9 Å². The van der Waals surface area contributed by atoms with Gasteiger partial charge in [-0.15, -0.1) is 0 Å². The number of nitro groups is 1. The lowest BCUT2D eigenvalue weighted by Crippen LogP contribution is -2.50. The van der Waals surface area contributed by atoms with Gasteiger partial charge in [-0.2, -0.15) is 0 Å². The minimum Gasteiger partial charge on any atom is -0.493 e. The minimum absolute atomic E-state index is 0.0769. The fourth-order valence-electron chi connectivity index (χ4n) is 1.39. The predicted octanol–water partition coefficient (Wildman–Crippen LogP) is 0.575. The number of rotatable bonds is 7. The zero-order chi connectivity index (χ0) is 15.3. The Balaban J connectivity index is 2.78. The molecule has 0 aliphatic heterocycles. The lowest BCUT2D eigenvalue weighted by Gasteiger charge is -2.20. The summed E-state index contributed by atoms with van der Waals surface area (Å²) in [5, 5.41) is 10.7. The lowest BCUT2D eigenvalue weighted by molar-refractivity contribution is -0.385. The van der Waals surface area contributed by atoms with Gasteiger partial charge in [-0.25, -0.2) is 0 Å². The highest BCUT2D eigenvalue weighted by molar-refractivity contribution is 5.83. The Hall–Kier alpha value is -2.35. The van der Waals surface area contributed by atoms with Gasteiger partial charge in [-0.3, -0.25) is 14.9 Å². The van der Waals surface area contributed by atoms with Gasteiger partial charge in [0.05, 0.1) is 30.2 Å². The maximum absolute atomic E-state index is 11.1. The summed E-state index contributed by atoms with van der Waals surface area (Å²) in [6.45, 7) is 1.57. The first-order valence-electron chi connectivity index (χ1n) is 5.82. The van der Waals surface area contributed by atoms with Crippen LogP contribution in [0.3, 0.4) is 0 Å². The summed E-state index contributed by atoms with van der Waals surface area (Å²) < 4.78 is 10.4. The Morgan fingerprint density at radius 2 is 2.10 bits per heavy atom. The third-order valence-electron chi connectivity index (χ3n) is 2.80. The van der Waals surface area contributed by atoms with Crippen LogP contribution >= 0.6 is 0 Å². The monoisotopic (exact) mass is 283 g/mol. The number of non-ortho nitro benzene ring substituents is 1. The third kappa shape index (κ3) is 3.82. The Kier molecular flexibility index (Phi) is 4.87. The van der Waals surface area contributed by atoms with Crippen LogP contribution in [0.4, 0.5) is 5.69 Å². The number of hydrogen-bond acceptors (Lipinski definition) is 6. The molecule has 1 unspecified atom stereocenters. The number of nitrogens with two attached hydrogens (primary N) is 2. The molecule has 0 fully saturated rings. The first-order chi connectivity index (χ1) is 9.27.